The highest BCUT2D eigenvalue weighted by Gasteiger charge is 2.13. The van der Waals surface area contributed by atoms with E-state index < -0.39 is 5.97 Å². The highest BCUT2D eigenvalue weighted by molar-refractivity contribution is 5.92. The second-order valence-electron chi connectivity index (χ2n) is 4.13. The number of carbonyl (C=O) groups excluding carboxylic acids is 1. The van der Waals surface area contributed by atoms with Crippen molar-refractivity contribution in [3.63, 3.8) is 0 Å². The van der Waals surface area contributed by atoms with Gasteiger partial charge in [0.15, 0.2) is 0 Å². The molecule has 0 atom stereocenters. The van der Waals surface area contributed by atoms with Gasteiger partial charge in [-0.1, -0.05) is 18.2 Å². The molecule has 0 amide bonds. The van der Waals surface area contributed by atoms with Crippen LogP contribution in [0.3, 0.4) is 0 Å². The standard InChI is InChI=1S/C15H15NO3/c1-10-7-8-14(12(16)9-10)19-13-6-4-3-5-11(13)15(17)18-2/h3-9H,16H2,1-2H3. The number of hydrogen-bond donors (Lipinski definition) is 1. The molecule has 4 heteroatoms. The van der Waals surface area contributed by atoms with Crippen LogP contribution >= 0.6 is 0 Å². The summed E-state index contributed by atoms with van der Waals surface area (Å²) in [5, 5.41) is 0. The van der Waals surface area contributed by atoms with Gasteiger partial charge in [-0.15, -0.1) is 0 Å². The average Bonchev–Trinajstić information content (AvgIpc) is 2.41. The van der Waals surface area contributed by atoms with Crippen LogP contribution in [-0.4, -0.2) is 13.1 Å². The van der Waals surface area contributed by atoms with Gasteiger partial charge >= 0.3 is 5.97 Å². The predicted octanol–water partition coefficient (Wildman–Crippen LogP) is 3.16. The third kappa shape index (κ3) is 2.85. The number of ether oxygens (including phenoxy) is 2. The van der Waals surface area contributed by atoms with Gasteiger partial charge in [-0.3, -0.25) is 0 Å². The van der Waals surface area contributed by atoms with Crippen LogP contribution in [0.2, 0.25) is 0 Å². The van der Waals surface area contributed by atoms with Crippen LogP contribution in [0.1, 0.15) is 15.9 Å². The minimum absolute atomic E-state index is 0.366. The van der Waals surface area contributed by atoms with Gasteiger partial charge in [0.1, 0.15) is 17.1 Å². The van der Waals surface area contributed by atoms with Crippen LogP contribution in [0, 0.1) is 6.92 Å². The first-order valence-corrected chi connectivity index (χ1v) is 5.83. The third-order valence-electron chi connectivity index (χ3n) is 2.68. The predicted molar refractivity (Wildman–Crippen MR) is 73.4 cm³/mol. The van der Waals surface area contributed by atoms with E-state index in [1.165, 1.54) is 7.11 Å². The van der Waals surface area contributed by atoms with Crippen molar-refractivity contribution in [2.75, 3.05) is 12.8 Å². The number of nitrogen functional groups attached to an aromatic ring is 1. The van der Waals surface area contributed by atoms with Crippen LogP contribution in [0.4, 0.5) is 5.69 Å². The lowest BCUT2D eigenvalue weighted by Crippen LogP contribution is -2.04. The van der Waals surface area contributed by atoms with E-state index in [1.807, 2.05) is 19.1 Å². The molecule has 0 aliphatic heterocycles. The molecule has 2 N–H and O–H groups in total. The van der Waals surface area contributed by atoms with Crippen molar-refractivity contribution in [1.29, 1.82) is 0 Å². The minimum atomic E-state index is -0.443. The summed E-state index contributed by atoms with van der Waals surface area (Å²) in [6.07, 6.45) is 0. The monoisotopic (exact) mass is 257 g/mol. The summed E-state index contributed by atoms with van der Waals surface area (Å²) in [6.45, 7) is 1.95. The molecule has 2 aromatic rings. The zero-order valence-corrected chi connectivity index (χ0v) is 10.8. The minimum Gasteiger partial charge on any atom is -0.465 e. The number of aryl methyl sites for hydroxylation is 1. The molecule has 0 spiro atoms. The maximum absolute atomic E-state index is 11.6. The van der Waals surface area contributed by atoms with Gasteiger partial charge in [-0.25, -0.2) is 4.79 Å². The number of para-hydroxylation sites is 1. The Hall–Kier alpha value is -2.49. The van der Waals surface area contributed by atoms with E-state index in [9.17, 15) is 4.79 Å². The van der Waals surface area contributed by atoms with E-state index in [2.05, 4.69) is 0 Å². The van der Waals surface area contributed by atoms with Crippen LogP contribution in [-0.2, 0) is 4.74 Å². The normalized spacial score (nSPS) is 10.0. The lowest BCUT2D eigenvalue weighted by molar-refractivity contribution is 0.0598. The Bertz CT molecular complexity index is 608. The zero-order chi connectivity index (χ0) is 13.8. The van der Waals surface area contributed by atoms with Crippen LogP contribution in [0.15, 0.2) is 42.5 Å². The van der Waals surface area contributed by atoms with Crippen LogP contribution in [0.25, 0.3) is 0 Å². The first-order valence-electron chi connectivity index (χ1n) is 5.83. The molecule has 19 heavy (non-hydrogen) atoms. The summed E-state index contributed by atoms with van der Waals surface area (Å²) < 4.78 is 10.4. The number of methoxy groups -OCH3 is 1. The Labute approximate surface area is 111 Å². The smallest absolute Gasteiger partial charge is 0.341 e. The summed E-state index contributed by atoms with van der Waals surface area (Å²) in [4.78, 5) is 11.6. The van der Waals surface area contributed by atoms with E-state index in [0.29, 0.717) is 22.7 Å². The molecule has 0 aromatic heterocycles. The lowest BCUT2D eigenvalue weighted by Gasteiger charge is -2.11. The van der Waals surface area contributed by atoms with Crippen molar-refractivity contribution in [1.82, 2.24) is 0 Å². The molecule has 0 saturated heterocycles. The number of carbonyl (C=O) groups is 1. The van der Waals surface area contributed by atoms with Crippen molar-refractivity contribution in [2.24, 2.45) is 0 Å². The number of rotatable bonds is 3. The van der Waals surface area contributed by atoms with Gasteiger partial charge in [0.25, 0.3) is 0 Å². The second kappa shape index (κ2) is 5.44. The molecule has 0 fully saturated rings. The Kier molecular flexibility index (Phi) is 3.71. The maximum atomic E-state index is 11.6. The molecule has 0 heterocycles. The quantitative estimate of drug-likeness (QED) is 0.677. The molecule has 0 saturated carbocycles. The first-order chi connectivity index (χ1) is 9.11. The average molecular weight is 257 g/mol. The number of anilines is 1. The molecule has 4 nitrogen and oxygen atoms in total. The van der Waals surface area contributed by atoms with E-state index in [0.717, 1.165) is 5.56 Å². The van der Waals surface area contributed by atoms with Gasteiger partial charge < -0.3 is 15.2 Å². The fraction of sp³-hybridized carbons (Fsp3) is 0.133. The molecule has 0 unspecified atom stereocenters. The fourth-order valence-corrected chi connectivity index (χ4v) is 1.71. The summed E-state index contributed by atoms with van der Waals surface area (Å²) in [7, 11) is 1.33. The molecule has 0 aliphatic carbocycles. The van der Waals surface area contributed by atoms with Gasteiger partial charge in [0, 0.05) is 0 Å². The SMILES string of the molecule is COC(=O)c1ccccc1Oc1ccc(C)cc1N. The number of hydrogen-bond acceptors (Lipinski definition) is 4. The van der Waals surface area contributed by atoms with E-state index in [-0.39, 0.29) is 0 Å². The summed E-state index contributed by atoms with van der Waals surface area (Å²) in [5.41, 5.74) is 7.83. The topological polar surface area (TPSA) is 61.5 Å². The van der Waals surface area contributed by atoms with Crippen molar-refractivity contribution in [3.8, 4) is 11.5 Å². The van der Waals surface area contributed by atoms with E-state index >= 15 is 0 Å². The van der Waals surface area contributed by atoms with Gasteiger partial charge in [-0.2, -0.15) is 0 Å². The zero-order valence-electron chi connectivity index (χ0n) is 10.8. The number of esters is 1. The molecular formula is C15H15NO3. The lowest BCUT2D eigenvalue weighted by atomic mass is 10.2. The third-order valence-corrected chi connectivity index (χ3v) is 2.68. The molecular weight excluding hydrogens is 242 g/mol. The van der Waals surface area contributed by atoms with Crippen molar-refractivity contribution in [3.05, 3.63) is 53.6 Å². The molecule has 98 valence electrons. The molecule has 2 rings (SSSR count). The van der Waals surface area contributed by atoms with Crippen molar-refractivity contribution >= 4 is 11.7 Å². The Morgan fingerprint density at radius 2 is 1.84 bits per heavy atom. The summed E-state index contributed by atoms with van der Waals surface area (Å²) in [6, 6.07) is 12.4. The van der Waals surface area contributed by atoms with Gasteiger partial charge in [-0.05, 0) is 36.8 Å². The Morgan fingerprint density at radius 1 is 1.11 bits per heavy atom. The molecule has 0 aliphatic rings. The maximum Gasteiger partial charge on any atom is 0.341 e. The highest BCUT2D eigenvalue weighted by atomic mass is 16.5. The van der Waals surface area contributed by atoms with Gasteiger partial charge in [0.2, 0.25) is 0 Å². The van der Waals surface area contributed by atoms with Crippen molar-refractivity contribution < 1.29 is 14.3 Å². The molecule has 2 aromatic carbocycles. The summed E-state index contributed by atoms with van der Waals surface area (Å²) in [5.74, 6) is 0.494. The largest absolute Gasteiger partial charge is 0.465 e. The second-order valence-corrected chi connectivity index (χ2v) is 4.13. The number of nitrogens with two attached hydrogens (primary N) is 1. The first kappa shape index (κ1) is 13.0. The number of benzene rings is 2. The van der Waals surface area contributed by atoms with Crippen LogP contribution < -0.4 is 10.5 Å². The van der Waals surface area contributed by atoms with E-state index in [4.69, 9.17) is 15.2 Å². The van der Waals surface area contributed by atoms with E-state index in [1.54, 1.807) is 30.3 Å². The summed E-state index contributed by atoms with van der Waals surface area (Å²) >= 11 is 0. The fourth-order valence-electron chi connectivity index (χ4n) is 1.71. The van der Waals surface area contributed by atoms with Gasteiger partial charge in [0.05, 0.1) is 12.8 Å². The highest BCUT2D eigenvalue weighted by Crippen LogP contribution is 2.30. The Morgan fingerprint density at radius 3 is 2.53 bits per heavy atom. The van der Waals surface area contributed by atoms with Crippen molar-refractivity contribution in [2.45, 2.75) is 6.92 Å². The molecule has 0 bridgehead atoms. The Balaban J connectivity index is 2.35. The van der Waals surface area contributed by atoms with Crippen LogP contribution in [0.5, 0.6) is 11.5 Å². The molecule has 0 radical (unpaired) electrons.